The summed E-state index contributed by atoms with van der Waals surface area (Å²) < 4.78 is 2.38. The Morgan fingerprint density at radius 2 is 2.03 bits per heavy atom. The van der Waals surface area contributed by atoms with Gasteiger partial charge in [-0.05, 0) is 54.7 Å². The van der Waals surface area contributed by atoms with Crippen molar-refractivity contribution >= 4 is 16.8 Å². The summed E-state index contributed by atoms with van der Waals surface area (Å²) in [4.78, 5) is 22.2. The first-order valence-electron chi connectivity index (χ1n) is 11.8. The molecule has 166 valence electrons. The zero-order valence-electron chi connectivity index (χ0n) is 19.0. The number of nitrogens with zero attached hydrogens (tertiary/aromatic N) is 4. The Morgan fingerprint density at radius 3 is 2.78 bits per heavy atom. The van der Waals surface area contributed by atoms with E-state index in [9.17, 15) is 4.79 Å². The smallest absolute Gasteiger partial charge is 0.253 e. The van der Waals surface area contributed by atoms with Crippen LogP contribution in [-0.2, 0) is 26.1 Å². The summed E-state index contributed by atoms with van der Waals surface area (Å²) in [6, 6.07) is 12.4. The van der Waals surface area contributed by atoms with E-state index >= 15 is 0 Å². The van der Waals surface area contributed by atoms with E-state index in [4.69, 9.17) is 0 Å². The van der Waals surface area contributed by atoms with Gasteiger partial charge in [-0.1, -0.05) is 19.1 Å². The molecule has 0 N–H and O–H groups in total. The molecule has 1 amide bonds. The average Bonchev–Trinajstić information content (AvgIpc) is 3.12. The number of carbonyl (C=O) groups is 1. The lowest BCUT2D eigenvalue weighted by molar-refractivity contribution is 0.0697. The van der Waals surface area contributed by atoms with Crippen LogP contribution in [0.5, 0.6) is 0 Å². The topological polar surface area (TPSA) is 41.4 Å². The molecular formula is C27H32N4O. The van der Waals surface area contributed by atoms with Crippen LogP contribution in [0.1, 0.15) is 47.1 Å². The highest BCUT2D eigenvalue weighted by Crippen LogP contribution is 2.33. The van der Waals surface area contributed by atoms with E-state index in [1.807, 2.05) is 35.4 Å². The van der Waals surface area contributed by atoms with Crippen LogP contribution in [0.3, 0.4) is 0 Å². The lowest BCUT2D eigenvalue weighted by Crippen LogP contribution is -2.37. The van der Waals surface area contributed by atoms with Crippen molar-refractivity contribution in [2.24, 2.45) is 5.92 Å². The Morgan fingerprint density at radius 1 is 1.19 bits per heavy atom. The molecule has 5 nitrogen and oxygen atoms in total. The van der Waals surface area contributed by atoms with Gasteiger partial charge in [-0.3, -0.25) is 14.7 Å². The molecule has 5 heteroatoms. The van der Waals surface area contributed by atoms with Gasteiger partial charge in [-0.2, -0.15) is 0 Å². The van der Waals surface area contributed by atoms with Crippen molar-refractivity contribution in [2.45, 2.75) is 45.8 Å². The summed E-state index contributed by atoms with van der Waals surface area (Å²) in [5.74, 6) is 0.886. The van der Waals surface area contributed by atoms with Crippen LogP contribution in [0.25, 0.3) is 10.9 Å². The fraction of sp³-hybridized carbons (Fsp3) is 0.407. The molecule has 1 saturated heterocycles. The van der Waals surface area contributed by atoms with E-state index in [1.54, 1.807) is 0 Å². The van der Waals surface area contributed by atoms with Crippen molar-refractivity contribution in [2.75, 3.05) is 19.6 Å². The van der Waals surface area contributed by atoms with Crippen LogP contribution < -0.4 is 0 Å². The first kappa shape index (κ1) is 21.0. The number of hydrogen-bond acceptors (Lipinski definition) is 3. The molecule has 3 aromatic rings. The van der Waals surface area contributed by atoms with Gasteiger partial charge in [0.05, 0.1) is 5.69 Å². The molecule has 0 atom stereocenters. The van der Waals surface area contributed by atoms with Gasteiger partial charge in [0.25, 0.3) is 5.91 Å². The third-order valence-corrected chi connectivity index (χ3v) is 7.07. The van der Waals surface area contributed by atoms with Gasteiger partial charge in [-0.15, -0.1) is 6.58 Å². The Kier molecular flexibility index (Phi) is 5.83. The van der Waals surface area contributed by atoms with Gasteiger partial charge in [0.1, 0.15) is 0 Å². The average molecular weight is 429 g/mol. The van der Waals surface area contributed by atoms with Crippen molar-refractivity contribution in [1.82, 2.24) is 19.4 Å². The lowest BCUT2D eigenvalue weighted by Gasteiger charge is -2.30. The molecule has 0 spiro atoms. The van der Waals surface area contributed by atoms with E-state index in [0.29, 0.717) is 5.92 Å². The second kappa shape index (κ2) is 8.91. The highest BCUT2D eigenvalue weighted by Gasteiger charge is 2.26. The van der Waals surface area contributed by atoms with Gasteiger partial charge in [0.15, 0.2) is 0 Å². The van der Waals surface area contributed by atoms with Crippen molar-refractivity contribution in [3.8, 4) is 0 Å². The van der Waals surface area contributed by atoms with Crippen LogP contribution in [0, 0.1) is 5.92 Å². The third kappa shape index (κ3) is 3.97. The van der Waals surface area contributed by atoms with Gasteiger partial charge in [0.2, 0.25) is 0 Å². The number of amides is 1. The highest BCUT2D eigenvalue weighted by molar-refractivity contribution is 5.99. The first-order valence-corrected chi connectivity index (χ1v) is 11.8. The molecule has 2 aromatic heterocycles. The largest absolute Gasteiger partial charge is 0.340 e. The van der Waals surface area contributed by atoms with E-state index in [0.717, 1.165) is 69.8 Å². The summed E-state index contributed by atoms with van der Waals surface area (Å²) in [7, 11) is 0. The predicted octanol–water partition coefficient (Wildman–Crippen LogP) is 4.65. The number of carbonyl (C=O) groups excluding carboxylic acids is 1. The molecule has 4 heterocycles. The second-order valence-electron chi connectivity index (χ2n) is 9.31. The molecular weight excluding hydrogens is 396 g/mol. The molecule has 0 bridgehead atoms. The van der Waals surface area contributed by atoms with E-state index < -0.39 is 0 Å². The molecule has 2 aliphatic rings. The maximum absolute atomic E-state index is 13.2. The van der Waals surface area contributed by atoms with Crippen LogP contribution in [-0.4, -0.2) is 44.9 Å². The van der Waals surface area contributed by atoms with Crippen LogP contribution in [0.2, 0.25) is 0 Å². The Labute approximate surface area is 190 Å². The van der Waals surface area contributed by atoms with Gasteiger partial charge >= 0.3 is 0 Å². The Hall–Kier alpha value is -2.92. The van der Waals surface area contributed by atoms with E-state index in [-0.39, 0.29) is 5.91 Å². The molecule has 0 radical (unpaired) electrons. The maximum atomic E-state index is 13.2. The van der Waals surface area contributed by atoms with E-state index in [1.165, 1.54) is 22.2 Å². The van der Waals surface area contributed by atoms with Gasteiger partial charge in [0, 0.05) is 74.0 Å². The standard InChI is InChI=1S/C27H32N4O/c1-3-13-31-25-8-7-21(27(32)30-15-9-20(2)10-16-30)17-23(25)24-19-29(14-11-26(24)31)18-22-6-4-5-12-28-22/h3-8,12,17,20H,1,9-11,13-16,18-19H2,2H3. The number of fused-ring (bicyclic) bond motifs is 3. The van der Waals surface area contributed by atoms with Crippen molar-refractivity contribution in [3.05, 3.63) is 77.8 Å². The number of benzene rings is 1. The molecule has 0 aliphatic carbocycles. The zero-order chi connectivity index (χ0) is 22.1. The number of aromatic nitrogens is 2. The fourth-order valence-corrected chi connectivity index (χ4v) is 5.23. The minimum atomic E-state index is 0.171. The zero-order valence-corrected chi connectivity index (χ0v) is 19.0. The van der Waals surface area contributed by atoms with Crippen molar-refractivity contribution < 1.29 is 4.79 Å². The van der Waals surface area contributed by atoms with E-state index in [2.05, 4.69) is 46.2 Å². The minimum Gasteiger partial charge on any atom is -0.340 e. The van der Waals surface area contributed by atoms with Crippen LogP contribution in [0.4, 0.5) is 0 Å². The number of likely N-dealkylation sites (tertiary alicyclic amines) is 1. The monoisotopic (exact) mass is 428 g/mol. The SMILES string of the molecule is C=CCn1c2c(c3cc(C(=O)N4CCC(C)CC4)ccc31)CN(Cc1ccccn1)CC2. The number of hydrogen-bond donors (Lipinski definition) is 0. The van der Waals surface area contributed by atoms with Crippen molar-refractivity contribution in [1.29, 1.82) is 0 Å². The molecule has 32 heavy (non-hydrogen) atoms. The number of rotatable bonds is 5. The summed E-state index contributed by atoms with van der Waals surface area (Å²) >= 11 is 0. The van der Waals surface area contributed by atoms with Crippen LogP contribution >= 0.6 is 0 Å². The summed E-state index contributed by atoms with van der Waals surface area (Å²) in [5, 5.41) is 1.21. The quantitative estimate of drug-likeness (QED) is 0.556. The van der Waals surface area contributed by atoms with Crippen molar-refractivity contribution in [3.63, 3.8) is 0 Å². The molecule has 5 rings (SSSR count). The predicted molar refractivity (Wildman–Crippen MR) is 128 cm³/mol. The van der Waals surface area contributed by atoms with Gasteiger partial charge in [-0.25, -0.2) is 0 Å². The second-order valence-corrected chi connectivity index (χ2v) is 9.31. The molecule has 2 aliphatic heterocycles. The van der Waals surface area contributed by atoms with Crippen LogP contribution in [0.15, 0.2) is 55.3 Å². The maximum Gasteiger partial charge on any atom is 0.253 e. The molecule has 1 fully saturated rings. The normalized spacial score (nSPS) is 17.5. The Balaban J connectivity index is 1.47. The fourth-order valence-electron chi connectivity index (χ4n) is 5.23. The van der Waals surface area contributed by atoms with Gasteiger partial charge < -0.3 is 9.47 Å². The molecule has 1 aromatic carbocycles. The summed E-state index contributed by atoms with van der Waals surface area (Å²) in [6.45, 7) is 11.5. The Bertz CT molecular complexity index is 1130. The number of piperidine rings is 1. The third-order valence-electron chi connectivity index (χ3n) is 7.07. The minimum absolute atomic E-state index is 0.171. The number of allylic oxidation sites excluding steroid dienone is 1. The summed E-state index contributed by atoms with van der Waals surface area (Å²) in [6.07, 6.45) is 7.02. The highest BCUT2D eigenvalue weighted by atomic mass is 16.2. The molecule has 0 saturated carbocycles. The first-order chi connectivity index (χ1) is 15.6. The number of pyridine rings is 1. The lowest BCUT2D eigenvalue weighted by atomic mass is 9.98. The molecule has 0 unspecified atom stereocenters. The summed E-state index contributed by atoms with van der Waals surface area (Å²) in [5.41, 5.74) is 5.85.